The van der Waals surface area contributed by atoms with Crippen LogP contribution < -0.4 is 4.74 Å². The van der Waals surface area contributed by atoms with Crippen LogP contribution in [-0.4, -0.2) is 22.9 Å². The van der Waals surface area contributed by atoms with Gasteiger partial charge in [-0.2, -0.15) is 0 Å². The molecule has 0 saturated heterocycles. The Morgan fingerprint density at radius 2 is 2.05 bits per heavy atom. The van der Waals surface area contributed by atoms with Gasteiger partial charge in [-0.1, -0.05) is 12.1 Å². The number of ether oxygens (including phenoxy) is 1. The Morgan fingerprint density at radius 3 is 2.79 bits per heavy atom. The van der Waals surface area contributed by atoms with Crippen molar-refractivity contribution in [2.24, 2.45) is 0 Å². The van der Waals surface area contributed by atoms with E-state index >= 15 is 0 Å². The molecule has 1 aromatic heterocycles. The third-order valence-corrected chi connectivity index (χ3v) is 2.79. The first-order chi connectivity index (χ1) is 9.20. The van der Waals surface area contributed by atoms with E-state index in [2.05, 4.69) is 9.97 Å². The van der Waals surface area contributed by atoms with Crippen LogP contribution in [-0.2, 0) is 11.2 Å². The van der Waals surface area contributed by atoms with E-state index in [0.29, 0.717) is 18.7 Å². The zero-order chi connectivity index (χ0) is 13.7. The van der Waals surface area contributed by atoms with Gasteiger partial charge in [0.1, 0.15) is 17.4 Å². The van der Waals surface area contributed by atoms with Crippen molar-refractivity contribution in [3.8, 4) is 17.0 Å². The summed E-state index contributed by atoms with van der Waals surface area (Å²) in [5, 5.41) is 0. The molecule has 19 heavy (non-hydrogen) atoms. The highest BCUT2D eigenvalue weighted by Gasteiger charge is 2.08. The predicted molar refractivity (Wildman–Crippen MR) is 73.0 cm³/mol. The van der Waals surface area contributed by atoms with E-state index in [4.69, 9.17) is 4.74 Å². The van der Waals surface area contributed by atoms with E-state index in [1.54, 1.807) is 20.2 Å². The van der Waals surface area contributed by atoms with Crippen molar-refractivity contribution in [2.75, 3.05) is 7.11 Å². The van der Waals surface area contributed by atoms with Gasteiger partial charge in [0.25, 0.3) is 0 Å². The van der Waals surface area contributed by atoms with Crippen molar-refractivity contribution in [1.82, 2.24) is 9.97 Å². The molecule has 0 fully saturated rings. The highest BCUT2D eigenvalue weighted by atomic mass is 16.5. The van der Waals surface area contributed by atoms with E-state index < -0.39 is 0 Å². The van der Waals surface area contributed by atoms with E-state index in [0.717, 1.165) is 17.0 Å². The van der Waals surface area contributed by atoms with Crippen molar-refractivity contribution in [3.63, 3.8) is 0 Å². The minimum atomic E-state index is 0.145. The number of carbonyl (C=O) groups is 1. The summed E-state index contributed by atoms with van der Waals surface area (Å²) in [6.07, 6.45) is 2.75. The fraction of sp³-hybridized carbons (Fsp3) is 0.267. The third kappa shape index (κ3) is 3.37. The van der Waals surface area contributed by atoms with Gasteiger partial charge in [-0.3, -0.25) is 0 Å². The van der Waals surface area contributed by atoms with Gasteiger partial charge in [0.15, 0.2) is 0 Å². The van der Waals surface area contributed by atoms with E-state index in [9.17, 15) is 4.79 Å². The van der Waals surface area contributed by atoms with Gasteiger partial charge in [-0.25, -0.2) is 9.97 Å². The number of hydrogen-bond donors (Lipinski definition) is 0. The lowest BCUT2D eigenvalue weighted by Crippen LogP contribution is -2.00. The first kappa shape index (κ1) is 13.2. The molecule has 0 atom stereocenters. The number of hydrogen-bond acceptors (Lipinski definition) is 4. The molecular formula is C15H16N2O2. The Morgan fingerprint density at radius 1 is 1.26 bits per heavy atom. The molecule has 0 saturated carbocycles. The van der Waals surface area contributed by atoms with Gasteiger partial charge >= 0.3 is 0 Å². The Labute approximate surface area is 112 Å². The average molecular weight is 256 g/mol. The molecule has 0 unspecified atom stereocenters. The van der Waals surface area contributed by atoms with Crippen LogP contribution in [0.3, 0.4) is 0 Å². The fourth-order valence-electron chi connectivity index (χ4n) is 1.81. The number of para-hydroxylation sites is 1. The quantitative estimate of drug-likeness (QED) is 0.825. The molecule has 0 aliphatic heterocycles. The number of aromatic nitrogens is 2. The van der Waals surface area contributed by atoms with Crippen LogP contribution in [0.15, 0.2) is 36.5 Å². The van der Waals surface area contributed by atoms with Crippen molar-refractivity contribution >= 4 is 5.78 Å². The molecule has 2 aromatic rings. The monoisotopic (exact) mass is 256 g/mol. The molecule has 0 aliphatic carbocycles. The SMILES string of the molecule is COc1ccccc1-c1ccnc(CCC(C)=O)n1. The highest BCUT2D eigenvalue weighted by molar-refractivity contribution is 5.75. The van der Waals surface area contributed by atoms with Crippen LogP contribution in [0.5, 0.6) is 5.75 Å². The van der Waals surface area contributed by atoms with Gasteiger partial charge in [-0.15, -0.1) is 0 Å². The molecule has 0 aliphatic rings. The molecule has 0 amide bonds. The summed E-state index contributed by atoms with van der Waals surface area (Å²) in [5.74, 6) is 1.60. The molecule has 0 spiro atoms. The number of rotatable bonds is 5. The minimum Gasteiger partial charge on any atom is -0.496 e. The molecule has 0 bridgehead atoms. The lowest BCUT2D eigenvalue weighted by Gasteiger charge is -2.08. The van der Waals surface area contributed by atoms with Crippen LogP contribution >= 0.6 is 0 Å². The van der Waals surface area contributed by atoms with E-state index in [1.165, 1.54) is 0 Å². The molecule has 1 heterocycles. The molecule has 0 N–H and O–H groups in total. The van der Waals surface area contributed by atoms with Crippen LogP contribution in [0.4, 0.5) is 0 Å². The van der Waals surface area contributed by atoms with E-state index in [1.807, 2.05) is 30.3 Å². The molecule has 2 rings (SSSR count). The van der Waals surface area contributed by atoms with Crippen LogP contribution in [0, 0.1) is 0 Å². The number of Topliss-reactive ketones (excluding diaryl/α,β-unsaturated/α-hetero) is 1. The summed E-state index contributed by atoms with van der Waals surface area (Å²) < 4.78 is 5.32. The first-order valence-corrected chi connectivity index (χ1v) is 6.15. The maximum absolute atomic E-state index is 11.0. The molecule has 0 radical (unpaired) electrons. The summed E-state index contributed by atoms with van der Waals surface area (Å²) >= 11 is 0. The van der Waals surface area contributed by atoms with E-state index in [-0.39, 0.29) is 5.78 Å². The Hall–Kier alpha value is -2.23. The normalized spacial score (nSPS) is 10.2. The molecule has 4 heteroatoms. The van der Waals surface area contributed by atoms with Gasteiger partial charge in [-0.05, 0) is 25.1 Å². The zero-order valence-corrected chi connectivity index (χ0v) is 11.1. The summed E-state index contributed by atoms with van der Waals surface area (Å²) in [7, 11) is 1.64. The summed E-state index contributed by atoms with van der Waals surface area (Å²) in [6.45, 7) is 1.57. The number of methoxy groups -OCH3 is 1. The molecule has 98 valence electrons. The lowest BCUT2D eigenvalue weighted by molar-refractivity contribution is -0.117. The second-order valence-corrected chi connectivity index (χ2v) is 4.26. The second-order valence-electron chi connectivity index (χ2n) is 4.26. The maximum Gasteiger partial charge on any atom is 0.130 e. The molecule has 4 nitrogen and oxygen atoms in total. The molecular weight excluding hydrogens is 240 g/mol. The van der Waals surface area contributed by atoms with Gasteiger partial charge in [0, 0.05) is 24.6 Å². The molecule has 1 aromatic carbocycles. The topological polar surface area (TPSA) is 52.1 Å². The average Bonchev–Trinajstić information content (AvgIpc) is 2.45. The standard InChI is InChI=1S/C15H16N2O2/c1-11(18)7-8-15-16-10-9-13(17-15)12-5-3-4-6-14(12)19-2/h3-6,9-10H,7-8H2,1-2H3. The predicted octanol–water partition coefficient (Wildman–Crippen LogP) is 2.67. The fourth-order valence-corrected chi connectivity index (χ4v) is 1.81. The Balaban J connectivity index is 2.29. The number of benzene rings is 1. The maximum atomic E-state index is 11.0. The zero-order valence-electron chi connectivity index (χ0n) is 11.1. The van der Waals surface area contributed by atoms with Crippen LogP contribution in [0.25, 0.3) is 11.3 Å². The van der Waals surface area contributed by atoms with Crippen molar-refractivity contribution in [2.45, 2.75) is 19.8 Å². The van der Waals surface area contributed by atoms with Crippen molar-refractivity contribution in [1.29, 1.82) is 0 Å². The van der Waals surface area contributed by atoms with Crippen molar-refractivity contribution in [3.05, 3.63) is 42.4 Å². The smallest absolute Gasteiger partial charge is 0.130 e. The van der Waals surface area contributed by atoms with Crippen molar-refractivity contribution < 1.29 is 9.53 Å². The third-order valence-electron chi connectivity index (χ3n) is 2.79. The lowest BCUT2D eigenvalue weighted by atomic mass is 10.1. The Kier molecular flexibility index (Phi) is 4.23. The van der Waals surface area contributed by atoms with Crippen LogP contribution in [0.2, 0.25) is 0 Å². The summed E-state index contributed by atoms with van der Waals surface area (Å²) in [5.41, 5.74) is 1.74. The number of ketones is 1. The Bertz CT molecular complexity index is 582. The summed E-state index contributed by atoms with van der Waals surface area (Å²) in [6, 6.07) is 9.55. The van der Waals surface area contributed by atoms with Gasteiger partial charge in [0.05, 0.1) is 12.8 Å². The number of carbonyl (C=O) groups excluding carboxylic acids is 1. The minimum absolute atomic E-state index is 0.145. The summed E-state index contributed by atoms with van der Waals surface area (Å²) in [4.78, 5) is 19.7. The highest BCUT2D eigenvalue weighted by Crippen LogP contribution is 2.27. The van der Waals surface area contributed by atoms with Gasteiger partial charge < -0.3 is 9.53 Å². The largest absolute Gasteiger partial charge is 0.496 e. The first-order valence-electron chi connectivity index (χ1n) is 6.15. The second kappa shape index (κ2) is 6.09. The number of aryl methyl sites for hydroxylation is 1. The van der Waals surface area contributed by atoms with Crippen LogP contribution in [0.1, 0.15) is 19.2 Å². The van der Waals surface area contributed by atoms with Gasteiger partial charge in [0.2, 0.25) is 0 Å². The number of nitrogens with zero attached hydrogens (tertiary/aromatic N) is 2.